The van der Waals surface area contributed by atoms with Crippen LogP contribution in [0.15, 0.2) is 48.5 Å². The summed E-state index contributed by atoms with van der Waals surface area (Å²) in [4.78, 5) is 9.19. The first-order chi connectivity index (χ1) is 11.3. The fourth-order valence-electron chi connectivity index (χ4n) is 2.81. The van der Waals surface area contributed by atoms with Gasteiger partial charge in [0.15, 0.2) is 0 Å². The molecule has 4 rings (SSSR count). The van der Waals surface area contributed by atoms with Crippen molar-refractivity contribution in [3.05, 3.63) is 53.6 Å². The number of fused-ring (bicyclic) bond motifs is 1. The van der Waals surface area contributed by atoms with E-state index in [4.69, 9.17) is 16.3 Å². The third-order valence-electron chi connectivity index (χ3n) is 4.36. The van der Waals surface area contributed by atoms with Crippen LogP contribution in [0, 0.1) is 5.92 Å². The zero-order chi connectivity index (χ0) is 15.6. The van der Waals surface area contributed by atoms with E-state index < -0.39 is 0 Å². The molecule has 0 N–H and O–H groups in total. The van der Waals surface area contributed by atoms with Gasteiger partial charge in [-0.2, -0.15) is 9.97 Å². The van der Waals surface area contributed by atoms with E-state index in [2.05, 4.69) is 9.97 Å². The van der Waals surface area contributed by atoms with Gasteiger partial charge in [0.05, 0.1) is 17.8 Å². The highest BCUT2D eigenvalue weighted by molar-refractivity contribution is 6.31. The molecule has 1 aliphatic rings. The maximum absolute atomic E-state index is 6.16. The van der Waals surface area contributed by atoms with Crippen LogP contribution in [0.5, 0.6) is 6.01 Å². The Morgan fingerprint density at radius 1 is 1.04 bits per heavy atom. The molecule has 0 saturated heterocycles. The van der Waals surface area contributed by atoms with Crippen molar-refractivity contribution < 1.29 is 4.74 Å². The highest BCUT2D eigenvalue weighted by Crippen LogP contribution is 2.31. The highest BCUT2D eigenvalue weighted by Gasteiger charge is 2.19. The molecule has 3 nitrogen and oxygen atoms in total. The standard InChI is InChI=1S/C19H17ClN2O/c20-15-9-10-17-16(11-15)18(14-7-2-1-3-8-14)22-19(21-17)23-12-13-5-4-6-13/h1-3,7-11,13H,4-6,12H2. The van der Waals surface area contributed by atoms with Crippen LogP contribution in [0.1, 0.15) is 19.3 Å². The zero-order valence-corrected chi connectivity index (χ0v) is 13.5. The number of halogens is 1. The van der Waals surface area contributed by atoms with E-state index >= 15 is 0 Å². The number of hydrogen-bond donors (Lipinski definition) is 0. The van der Waals surface area contributed by atoms with Crippen molar-refractivity contribution in [2.75, 3.05) is 6.61 Å². The van der Waals surface area contributed by atoms with Crippen molar-refractivity contribution >= 4 is 22.5 Å². The first-order valence-corrected chi connectivity index (χ1v) is 8.33. The molecule has 1 heterocycles. The van der Waals surface area contributed by atoms with Crippen molar-refractivity contribution in [3.63, 3.8) is 0 Å². The number of benzene rings is 2. The molecule has 4 heteroatoms. The molecule has 0 atom stereocenters. The SMILES string of the molecule is Clc1ccc2nc(OCC3CCC3)nc(-c3ccccc3)c2c1. The smallest absolute Gasteiger partial charge is 0.317 e. The molecule has 0 amide bonds. The Balaban J connectivity index is 1.78. The average Bonchev–Trinajstić information content (AvgIpc) is 2.54. The first-order valence-electron chi connectivity index (χ1n) is 7.95. The second kappa shape index (κ2) is 6.17. The van der Waals surface area contributed by atoms with Crippen LogP contribution in [0.4, 0.5) is 0 Å². The van der Waals surface area contributed by atoms with E-state index in [1.807, 2.05) is 48.5 Å². The molecule has 0 radical (unpaired) electrons. The van der Waals surface area contributed by atoms with E-state index in [1.165, 1.54) is 19.3 Å². The molecule has 1 aromatic heterocycles. The molecule has 1 fully saturated rings. The fraction of sp³-hybridized carbons (Fsp3) is 0.263. The van der Waals surface area contributed by atoms with Gasteiger partial charge >= 0.3 is 6.01 Å². The van der Waals surface area contributed by atoms with Crippen molar-refractivity contribution in [2.45, 2.75) is 19.3 Å². The Hall–Kier alpha value is -2.13. The zero-order valence-electron chi connectivity index (χ0n) is 12.7. The number of rotatable bonds is 4. The summed E-state index contributed by atoms with van der Waals surface area (Å²) in [6, 6.07) is 16.2. The van der Waals surface area contributed by atoms with Gasteiger partial charge in [-0.3, -0.25) is 0 Å². The Morgan fingerprint density at radius 2 is 1.87 bits per heavy atom. The summed E-state index contributed by atoms with van der Waals surface area (Å²) in [5.41, 5.74) is 2.75. The van der Waals surface area contributed by atoms with E-state index in [0.29, 0.717) is 23.6 Å². The van der Waals surface area contributed by atoms with E-state index in [0.717, 1.165) is 22.2 Å². The minimum atomic E-state index is 0.450. The summed E-state index contributed by atoms with van der Waals surface area (Å²) in [6.45, 7) is 0.702. The second-order valence-corrected chi connectivity index (χ2v) is 6.43. The van der Waals surface area contributed by atoms with Crippen LogP contribution in [-0.4, -0.2) is 16.6 Å². The Labute approximate surface area is 140 Å². The molecule has 0 aliphatic heterocycles. The molecule has 1 saturated carbocycles. The van der Waals surface area contributed by atoms with Gasteiger partial charge in [0.2, 0.25) is 0 Å². The first kappa shape index (κ1) is 14.5. The normalized spacial score (nSPS) is 14.7. The summed E-state index contributed by atoms with van der Waals surface area (Å²) in [5, 5.41) is 1.63. The van der Waals surface area contributed by atoms with Crippen LogP contribution in [0.3, 0.4) is 0 Å². The Bertz CT molecular complexity index is 831. The molecule has 0 bridgehead atoms. The molecular weight excluding hydrogens is 308 g/mol. The van der Waals surface area contributed by atoms with Crippen LogP contribution in [0.2, 0.25) is 5.02 Å². The lowest BCUT2D eigenvalue weighted by molar-refractivity contribution is 0.171. The van der Waals surface area contributed by atoms with Gasteiger partial charge in [-0.05, 0) is 37.0 Å². The summed E-state index contributed by atoms with van der Waals surface area (Å²) in [7, 11) is 0. The second-order valence-electron chi connectivity index (χ2n) is 5.99. The third-order valence-corrected chi connectivity index (χ3v) is 4.59. The topological polar surface area (TPSA) is 35.0 Å². The number of nitrogens with zero attached hydrogens (tertiary/aromatic N) is 2. The molecule has 1 aliphatic carbocycles. The lowest BCUT2D eigenvalue weighted by Crippen LogP contribution is -2.20. The van der Waals surface area contributed by atoms with Crippen molar-refractivity contribution in [3.8, 4) is 17.3 Å². The van der Waals surface area contributed by atoms with Gasteiger partial charge in [-0.1, -0.05) is 48.4 Å². The predicted octanol–water partition coefficient (Wildman–Crippen LogP) is 5.13. The fourth-order valence-corrected chi connectivity index (χ4v) is 2.98. The lowest BCUT2D eigenvalue weighted by Gasteiger charge is -2.24. The summed E-state index contributed by atoms with van der Waals surface area (Å²) >= 11 is 6.16. The average molecular weight is 325 g/mol. The number of hydrogen-bond acceptors (Lipinski definition) is 3. The largest absolute Gasteiger partial charge is 0.463 e. The van der Waals surface area contributed by atoms with Gasteiger partial charge in [-0.25, -0.2) is 0 Å². The quantitative estimate of drug-likeness (QED) is 0.667. The van der Waals surface area contributed by atoms with Crippen molar-refractivity contribution in [1.82, 2.24) is 9.97 Å². The van der Waals surface area contributed by atoms with Crippen LogP contribution < -0.4 is 4.74 Å². The van der Waals surface area contributed by atoms with Gasteiger partial charge in [0.25, 0.3) is 0 Å². The monoisotopic (exact) mass is 324 g/mol. The molecule has 116 valence electrons. The summed E-state index contributed by atoms with van der Waals surface area (Å²) < 4.78 is 5.86. The maximum atomic E-state index is 6.16. The van der Waals surface area contributed by atoms with Crippen LogP contribution in [-0.2, 0) is 0 Å². The van der Waals surface area contributed by atoms with Crippen LogP contribution in [0.25, 0.3) is 22.2 Å². The molecule has 23 heavy (non-hydrogen) atoms. The maximum Gasteiger partial charge on any atom is 0.317 e. The molecule has 2 aromatic carbocycles. The van der Waals surface area contributed by atoms with E-state index in [9.17, 15) is 0 Å². The lowest BCUT2D eigenvalue weighted by atomic mass is 9.86. The Morgan fingerprint density at radius 3 is 2.61 bits per heavy atom. The van der Waals surface area contributed by atoms with Crippen molar-refractivity contribution in [2.24, 2.45) is 5.92 Å². The summed E-state index contributed by atoms with van der Waals surface area (Å²) in [6.07, 6.45) is 3.80. The van der Waals surface area contributed by atoms with Gasteiger partial charge in [0.1, 0.15) is 0 Å². The van der Waals surface area contributed by atoms with Crippen LogP contribution >= 0.6 is 11.6 Å². The third kappa shape index (κ3) is 3.02. The number of ether oxygens (including phenoxy) is 1. The number of aromatic nitrogens is 2. The molecular formula is C19H17ClN2O. The molecule has 3 aromatic rings. The molecule has 0 spiro atoms. The molecule has 0 unspecified atom stereocenters. The summed E-state index contributed by atoms with van der Waals surface area (Å²) in [5.74, 6) is 0.652. The van der Waals surface area contributed by atoms with Gasteiger partial charge in [-0.15, -0.1) is 0 Å². The van der Waals surface area contributed by atoms with Crippen molar-refractivity contribution in [1.29, 1.82) is 0 Å². The minimum Gasteiger partial charge on any atom is -0.463 e. The minimum absolute atomic E-state index is 0.450. The van der Waals surface area contributed by atoms with Gasteiger partial charge in [0, 0.05) is 16.0 Å². The highest BCUT2D eigenvalue weighted by atomic mass is 35.5. The predicted molar refractivity (Wildman–Crippen MR) is 92.8 cm³/mol. The van der Waals surface area contributed by atoms with E-state index in [-0.39, 0.29) is 0 Å². The van der Waals surface area contributed by atoms with Gasteiger partial charge < -0.3 is 4.74 Å². The van der Waals surface area contributed by atoms with E-state index in [1.54, 1.807) is 0 Å². The Kier molecular flexibility index (Phi) is 3.88.